The van der Waals surface area contributed by atoms with E-state index in [2.05, 4.69) is 43.0 Å². The fourth-order valence-corrected chi connectivity index (χ4v) is 1.87. The Morgan fingerprint density at radius 3 is 2.41 bits per heavy atom. The summed E-state index contributed by atoms with van der Waals surface area (Å²) in [6.45, 7) is 9.46. The summed E-state index contributed by atoms with van der Waals surface area (Å²) in [5.41, 5.74) is 1.36. The van der Waals surface area contributed by atoms with Crippen molar-refractivity contribution < 1.29 is 4.74 Å². The zero-order valence-corrected chi connectivity index (χ0v) is 11.2. The fraction of sp³-hybridized carbons (Fsp3) is 0.600. The Bertz CT molecular complexity index is 274. The van der Waals surface area contributed by atoms with E-state index in [1.54, 1.807) is 0 Å². The van der Waals surface area contributed by atoms with Crippen molar-refractivity contribution in [1.82, 2.24) is 4.90 Å². The summed E-state index contributed by atoms with van der Waals surface area (Å²) < 4.78 is 5.67. The zero-order chi connectivity index (χ0) is 12.3. The molecular formula is C15H25NO. The second-order valence-electron chi connectivity index (χ2n) is 4.28. The third kappa shape index (κ3) is 6.44. The molecule has 0 saturated carbocycles. The van der Waals surface area contributed by atoms with Gasteiger partial charge in [-0.25, -0.2) is 0 Å². The molecule has 1 aromatic rings. The van der Waals surface area contributed by atoms with E-state index >= 15 is 0 Å². The Morgan fingerprint density at radius 1 is 1.00 bits per heavy atom. The van der Waals surface area contributed by atoms with Gasteiger partial charge in [0.1, 0.15) is 0 Å². The number of ether oxygens (including phenoxy) is 1. The maximum atomic E-state index is 5.67. The van der Waals surface area contributed by atoms with Gasteiger partial charge >= 0.3 is 0 Å². The summed E-state index contributed by atoms with van der Waals surface area (Å²) in [7, 11) is 0. The molecule has 0 radical (unpaired) electrons. The minimum absolute atomic E-state index is 0.827. The molecule has 96 valence electrons. The Hall–Kier alpha value is -0.860. The van der Waals surface area contributed by atoms with Crippen molar-refractivity contribution in [1.29, 1.82) is 0 Å². The van der Waals surface area contributed by atoms with Crippen LogP contribution >= 0.6 is 0 Å². The molecule has 0 atom stereocenters. The molecule has 17 heavy (non-hydrogen) atoms. The van der Waals surface area contributed by atoms with Crippen LogP contribution in [0.4, 0.5) is 0 Å². The van der Waals surface area contributed by atoms with E-state index in [9.17, 15) is 0 Å². The van der Waals surface area contributed by atoms with Crippen LogP contribution in [0.3, 0.4) is 0 Å². The van der Waals surface area contributed by atoms with Gasteiger partial charge in [0.05, 0.1) is 13.2 Å². The van der Waals surface area contributed by atoms with Crippen LogP contribution in [-0.4, -0.2) is 37.7 Å². The van der Waals surface area contributed by atoms with E-state index in [1.807, 2.05) is 6.07 Å². The molecule has 0 unspecified atom stereocenters. The zero-order valence-electron chi connectivity index (χ0n) is 11.2. The van der Waals surface area contributed by atoms with Crippen LogP contribution in [0, 0.1) is 0 Å². The average Bonchev–Trinajstić information content (AvgIpc) is 2.38. The van der Waals surface area contributed by atoms with Crippen LogP contribution in [0.5, 0.6) is 0 Å². The first-order valence-corrected chi connectivity index (χ1v) is 6.70. The molecule has 1 aromatic carbocycles. The Balaban J connectivity index is 2.04. The van der Waals surface area contributed by atoms with E-state index in [4.69, 9.17) is 4.74 Å². The van der Waals surface area contributed by atoms with Gasteiger partial charge in [0.25, 0.3) is 0 Å². The molecule has 0 bridgehead atoms. The van der Waals surface area contributed by atoms with Crippen molar-refractivity contribution >= 4 is 0 Å². The largest absolute Gasteiger partial charge is 0.380 e. The summed E-state index contributed by atoms with van der Waals surface area (Å²) in [5.74, 6) is 0. The minimum Gasteiger partial charge on any atom is -0.380 e. The molecule has 0 saturated heterocycles. The fourth-order valence-electron chi connectivity index (χ4n) is 1.87. The van der Waals surface area contributed by atoms with Crippen LogP contribution in [0.25, 0.3) is 0 Å². The average molecular weight is 235 g/mol. The number of hydrogen-bond donors (Lipinski definition) is 0. The number of likely N-dealkylation sites (N-methyl/N-ethyl adjacent to an activating group) is 1. The lowest BCUT2D eigenvalue weighted by atomic mass is 10.2. The second-order valence-corrected chi connectivity index (χ2v) is 4.28. The van der Waals surface area contributed by atoms with E-state index in [-0.39, 0.29) is 0 Å². The maximum absolute atomic E-state index is 5.67. The van der Waals surface area contributed by atoms with Gasteiger partial charge in [0, 0.05) is 6.54 Å². The monoisotopic (exact) mass is 235 g/mol. The van der Waals surface area contributed by atoms with Gasteiger partial charge in [-0.3, -0.25) is 0 Å². The first kappa shape index (κ1) is 14.2. The van der Waals surface area contributed by atoms with Gasteiger partial charge < -0.3 is 9.64 Å². The van der Waals surface area contributed by atoms with Crippen molar-refractivity contribution in [2.75, 3.05) is 32.8 Å². The lowest BCUT2D eigenvalue weighted by Crippen LogP contribution is -2.28. The van der Waals surface area contributed by atoms with Gasteiger partial charge in [-0.15, -0.1) is 0 Å². The number of rotatable bonds is 9. The highest BCUT2D eigenvalue weighted by Crippen LogP contribution is 1.99. The van der Waals surface area contributed by atoms with E-state index in [0.29, 0.717) is 0 Å². The smallest absolute Gasteiger partial charge is 0.0593 e. The molecule has 0 spiro atoms. The highest BCUT2D eigenvalue weighted by atomic mass is 16.5. The Kier molecular flexibility index (Phi) is 7.69. The minimum atomic E-state index is 0.827. The van der Waals surface area contributed by atoms with Crippen molar-refractivity contribution in [3.05, 3.63) is 35.9 Å². The van der Waals surface area contributed by atoms with Gasteiger partial charge in [0.2, 0.25) is 0 Å². The van der Waals surface area contributed by atoms with Crippen LogP contribution < -0.4 is 0 Å². The summed E-state index contributed by atoms with van der Waals surface area (Å²) in [6.07, 6.45) is 2.23. The van der Waals surface area contributed by atoms with E-state index < -0.39 is 0 Å². The molecule has 0 N–H and O–H groups in total. The first-order chi connectivity index (χ1) is 8.36. The predicted molar refractivity (Wildman–Crippen MR) is 73.4 cm³/mol. The molecule has 0 heterocycles. The third-order valence-electron chi connectivity index (χ3n) is 2.92. The van der Waals surface area contributed by atoms with Crippen LogP contribution in [0.15, 0.2) is 30.3 Å². The standard InChI is InChI=1S/C15H25NO/c1-3-11-16(4-2)12-14-17-13-10-15-8-6-5-7-9-15/h5-9H,3-4,10-14H2,1-2H3. The van der Waals surface area contributed by atoms with Crippen LogP contribution in [0.1, 0.15) is 25.8 Å². The number of hydrogen-bond acceptors (Lipinski definition) is 2. The molecule has 0 aromatic heterocycles. The third-order valence-corrected chi connectivity index (χ3v) is 2.92. The highest BCUT2D eigenvalue weighted by Gasteiger charge is 1.99. The van der Waals surface area contributed by atoms with Gasteiger partial charge in [-0.1, -0.05) is 44.2 Å². The quantitative estimate of drug-likeness (QED) is 0.610. The summed E-state index contributed by atoms with van der Waals surface area (Å²) in [4.78, 5) is 2.43. The molecule has 0 aliphatic carbocycles. The lowest BCUT2D eigenvalue weighted by Gasteiger charge is -2.19. The summed E-state index contributed by atoms with van der Waals surface area (Å²) >= 11 is 0. The molecule has 0 aliphatic heterocycles. The molecule has 2 nitrogen and oxygen atoms in total. The molecule has 0 aliphatic rings. The van der Waals surface area contributed by atoms with Crippen LogP contribution in [0.2, 0.25) is 0 Å². The van der Waals surface area contributed by atoms with Crippen LogP contribution in [-0.2, 0) is 11.2 Å². The number of nitrogens with zero attached hydrogens (tertiary/aromatic N) is 1. The van der Waals surface area contributed by atoms with Crippen molar-refractivity contribution in [3.8, 4) is 0 Å². The first-order valence-electron chi connectivity index (χ1n) is 6.70. The summed E-state index contributed by atoms with van der Waals surface area (Å²) in [6, 6.07) is 10.5. The Labute approximate surface area is 106 Å². The van der Waals surface area contributed by atoms with Gasteiger partial charge in [-0.2, -0.15) is 0 Å². The topological polar surface area (TPSA) is 12.5 Å². The van der Waals surface area contributed by atoms with E-state index in [0.717, 1.165) is 32.7 Å². The van der Waals surface area contributed by atoms with Gasteiger partial charge in [-0.05, 0) is 31.5 Å². The Morgan fingerprint density at radius 2 is 1.76 bits per heavy atom. The molecule has 0 fully saturated rings. The molecular weight excluding hydrogens is 210 g/mol. The van der Waals surface area contributed by atoms with Crippen molar-refractivity contribution in [2.45, 2.75) is 26.7 Å². The normalized spacial score (nSPS) is 11.0. The lowest BCUT2D eigenvalue weighted by molar-refractivity contribution is 0.107. The predicted octanol–water partition coefficient (Wildman–Crippen LogP) is 2.98. The SMILES string of the molecule is CCCN(CC)CCOCCc1ccccc1. The van der Waals surface area contributed by atoms with E-state index in [1.165, 1.54) is 18.5 Å². The summed E-state index contributed by atoms with van der Waals surface area (Å²) in [5, 5.41) is 0. The highest BCUT2D eigenvalue weighted by molar-refractivity contribution is 5.14. The van der Waals surface area contributed by atoms with Crippen molar-refractivity contribution in [2.24, 2.45) is 0 Å². The van der Waals surface area contributed by atoms with Crippen molar-refractivity contribution in [3.63, 3.8) is 0 Å². The molecule has 2 heteroatoms. The maximum Gasteiger partial charge on any atom is 0.0593 e. The number of benzene rings is 1. The second kappa shape index (κ2) is 9.20. The van der Waals surface area contributed by atoms with Gasteiger partial charge in [0.15, 0.2) is 0 Å². The molecule has 1 rings (SSSR count). The molecule has 0 amide bonds.